The molecule has 2 heteroatoms. The van der Waals surface area contributed by atoms with E-state index in [9.17, 15) is 0 Å². The maximum Gasteiger partial charge on any atom is 0.0540 e. The summed E-state index contributed by atoms with van der Waals surface area (Å²) in [5, 5.41) is 2.38. The Balaban J connectivity index is 1.16. The molecule has 0 aromatic heterocycles. The summed E-state index contributed by atoms with van der Waals surface area (Å²) in [4.78, 5) is 4.88. The van der Waals surface area contributed by atoms with Crippen LogP contribution in [0.15, 0.2) is 182 Å². The quantitative estimate of drug-likeness (QED) is 0.171. The van der Waals surface area contributed by atoms with Crippen molar-refractivity contribution in [2.45, 2.75) is 38.5 Å². The molecule has 0 heterocycles. The summed E-state index contributed by atoms with van der Waals surface area (Å²) in [5.74, 6) is 0. The first-order valence-electron chi connectivity index (χ1n) is 19.0. The van der Waals surface area contributed by atoms with E-state index in [1.807, 2.05) is 0 Å². The van der Waals surface area contributed by atoms with Gasteiger partial charge in [0.25, 0.3) is 0 Å². The standard InChI is InChI=1S/C52H42N2/c1-51(2)45-25-13-11-21-39(45)41-31-29-37(33-47(41)51)53(35-17-7-5-8-18-35)49-27-15-24-44-43(49)23-16-28-50(44)54(36-19-9-6-10-20-36)38-30-32-42-40-22-12-14-26-46(40)52(3,4)48(42)34-38/h5-34H,1-4H3. The number of rotatable bonds is 6. The fourth-order valence-electron chi connectivity index (χ4n) is 9.34. The molecule has 8 aromatic carbocycles. The van der Waals surface area contributed by atoms with E-state index in [-0.39, 0.29) is 10.8 Å². The maximum absolute atomic E-state index is 2.44. The summed E-state index contributed by atoms with van der Waals surface area (Å²) in [6.45, 7) is 9.43. The summed E-state index contributed by atoms with van der Waals surface area (Å²) < 4.78 is 0. The molecule has 0 unspecified atom stereocenters. The predicted octanol–water partition coefficient (Wildman–Crippen LogP) is 14.4. The molecule has 2 aliphatic rings. The predicted molar refractivity (Wildman–Crippen MR) is 228 cm³/mol. The number of benzene rings is 8. The van der Waals surface area contributed by atoms with Gasteiger partial charge in [0.15, 0.2) is 0 Å². The SMILES string of the molecule is CC1(C)c2ccccc2-c2ccc(N(c3ccccc3)c3cccc4c(N(c5ccccc5)c5ccc6c(c5)C(C)(C)c5ccccc5-6)cccc34)cc21. The van der Waals surface area contributed by atoms with Crippen LogP contribution >= 0.6 is 0 Å². The molecule has 0 radical (unpaired) electrons. The molecule has 0 fully saturated rings. The summed E-state index contributed by atoms with van der Waals surface area (Å²) >= 11 is 0. The van der Waals surface area contributed by atoms with Gasteiger partial charge in [0, 0.05) is 44.4 Å². The van der Waals surface area contributed by atoms with Crippen LogP contribution in [0.2, 0.25) is 0 Å². The van der Waals surface area contributed by atoms with Gasteiger partial charge in [0.05, 0.1) is 11.4 Å². The van der Waals surface area contributed by atoms with E-state index >= 15 is 0 Å². The summed E-state index contributed by atoms with van der Waals surface area (Å²) in [7, 11) is 0. The lowest BCUT2D eigenvalue weighted by Crippen LogP contribution is -2.17. The Morgan fingerprint density at radius 1 is 0.296 bits per heavy atom. The minimum Gasteiger partial charge on any atom is -0.310 e. The average Bonchev–Trinajstić information content (AvgIpc) is 3.58. The highest BCUT2D eigenvalue weighted by Crippen LogP contribution is 2.53. The Kier molecular flexibility index (Phi) is 7.22. The Bertz CT molecular complexity index is 2530. The summed E-state index contributed by atoms with van der Waals surface area (Å²) in [6, 6.07) is 67.0. The van der Waals surface area contributed by atoms with E-state index in [1.165, 1.54) is 55.3 Å². The molecule has 0 bridgehead atoms. The van der Waals surface area contributed by atoms with Gasteiger partial charge in [-0.25, -0.2) is 0 Å². The number of fused-ring (bicyclic) bond motifs is 7. The van der Waals surface area contributed by atoms with Crippen molar-refractivity contribution < 1.29 is 0 Å². The normalized spacial score (nSPS) is 14.2. The van der Waals surface area contributed by atoms with Crippen LogP contribution < -0.4 is 9.80 Å². The maximum atomic E-state index is 2.44. The molecule has 0 spiro atoms. The van der Waals surface area contributed by atoms with Gasteiger partial charge in [-0.05, 0) is 105 Å². The van der Waals surface area contributed by atoms with Crippen LogP contribution in [0.4, 0.5) is 34.1 Å². The lowest BCUT2D eigenvalue weighted by Gasteiger charge is -2.31. The minimum absolute atomic E-state index is 0.0990. The van der Waals surface area contributed by atoms with E-state index in [0.717, 1.165) is 34.1 Å². The van der Waals surface area contributed by atoms with Gasteiger partial charge in [0.1, 0.15) is 0 Å². The Labute approximate surface area is 318 Å². The van der Waals surface area contributed by atoms with Crippen molar-refractivity contribution in [3.8, 4) is 22.3 Å². The number of para-hydroxylation sites is 2. The fourth-order valence-corrected chi connectivity index (χ4v) is 9.34. The van der Waals surface area contributed by atoms with Crippen LogP contribution in [0.3, 0.4) is 0 Å². The average molecular weight is 695 g/mol. The smallest absolute Gasteiger partial charge is 0.0540 e. The van der Waals surface area contributed by atoms with Crippen LogP contribution in [-0.4, -0.2) is 0 Å². The first-order valence-corrected chi connectivity index (χ1v) is 19.0. The van der Waals surface area contributed by atoms with Gasteiger partial charge in [-0.2, -0.15) is 0 Å². The van der Waals surface area contributed by atoms with Crippen LogP contribution in [0.25, 0.3) is 33.0 Å². The molecule has 0 atom stereocenters. The third-order valence-corrected chi connectivity index (χ3v) is 12.0. The molecule has 0 saturated carbocycles. The number of anilines is 6. The third kappa shape index (κ3) is 4.80. The van der Waals surface area contributed by atoms with Crippen molar-refractivity contribution >= 4 is 44.9 Å². The highest BCUT2D eigenvalue weighted by atomic mass is 15.2. The Morgan fingerprint density at radius 2 is 0.667 bits per heavy atom. The first-order chi connectivity index (χ1) is 26.3. The molecule has 8 aromatic rings. The number of hydrogen-bond donors (Lipinski definition) is 0. The first kappa shape index (κ1) is 32.3. The van der Waals surface area contributed by atoms with Crippen LogP contribution in [-0.2, 0) is 10.8 Å². The van der Waals surface area contributed by atoms with Gasteiger partial charge in [-0.1, -0.05) is 149 Å². The van der Waals surface area contributed by atoms with Crippen LogP contribution in [0.1, 0.15) is 49.9 Å². The summed E-state index contributed by atoms with van der Waals surface area (Å²) in [5.41, 5.74) is 17.5. The second-order valence-electron chi connectivity index (χ2n) is 15.8. The van der Waals surface area contributed by atoms with Crippen molar-refractivity contribution in [2.24, 2.45) is 0 Å². The second-order valence-corrected chi connectivity index (χ2v) is 15.8. The zero-order valence-corrected chi connectivity index (χ0v) is 31.2. The molecule has 0 N–H and O–H groups in total. The molecular formula is C52H42N2. The van der Waals surface area contributed by atoms with Gasteiger partial charge in [-0.3, -0.25) is 0 Å². The molecule has 2 aliphatic carbocycles. The zero-order valence-electron chi connectivity index (χ0n) is 31.2. The lowest BCUT2D eigenvalue weighted by atomic mass is 9.82. The highest BCUT2D eigenvalue weighted by Gasteiger charge is 2.37. The molecule has 2 nitrogen and oxygen atoms in total. The van der Waals surface area contributed by atoms with Crippen LogP contribution in [0, 0.1) is 0 Å². The van der Waals surface area contributed by atoms with E-state index in [4.69, 9.17) is 0 Å². The third-order valence-electron chi connectivity index (χ3n) is 12.0. The zero-order chi connectivity index (χ0) is 36.6. The Morgan fingerprint density at radius 3 is 1.09 bits per heavy atom. The van der Waals surface area contributed by atoms with E-state index < -0.39 is 0 Å². The summed E-state index contributed by atoms with van der Waals surface area (Å²) in [6.07, 6.45) is 0. The molecule has 260 valence electrons. The monoisotopic (exact) mass is 694 g/mol. The van der Waals surface area contributed by atoms with Gasteiger partial charge in [0.2, 0.25) is 0 Å². The largest absolute Gasteiger partial charge is 0.310 e. The molecule has 10 rings (SSSR count). The van der Waals surface area contributed by atoms with Crippen molar-refractivity contribution in [3.05, 3.63) is 204 Å². The van der Waals surface area contributed by atoms with Crippen LogP contribution in [0.5, 0.6) is 0 Å². The second kappa shape index (κ2) is 12.1. The fraction of sp³-hybridized carbons (Fsp3) is 0.115. The van der Waals surface area contributed by atoms with Gasteiger partial charge < -0.3 is 9.80 Å². The molecule has 0 saturated heterocycles. The van der Waals surface area contributed by atoms with E-state index in [2.05, 4.69) is 219 Å². The van der Waals surface area contributed by atoms with Crippen molar-refractivity contribution in [1.82, 2.24) is 0 Å². The van der Waals surface area contributed by atoms with E-state index in [0.29, 0.717) is 0 Å². The molecule has 0 aliphatic heterocycles. The number of hydrogen-bond acceptors (Lipinski definition) is 2. The highest BCUT2D eigenvalue weighted by molar-refractivity contribution is 6.07. The molecule has 0 amide bonds. The molecular weight excluding hydrogens is 653 g/mol. The minimum atomic E-state index is -0.0990. The topological polar surface area (TPSA) is 6.48 Å². The van der Waals surface area contributed by atoms with E-state index in [1.54, 1.807) is 0 Å². The van der Waals surface area contributed by atoms with Gasteiger partial charge >= 0.3 is 0 Å². The number of nitrogens with zero attached hydrogens (tertiary/aromatic N) is 2. The Hall–Kier alpha value is -6.38. The van der Waals surface area contributed by atoms with Crippen molar-refractivity contribution in [2.75, 3.05) is 9.80 Å². The van der Waals surface area contributed by atoms with Crippen molar-refractivity contribution in [3.63, 3.8) is 0 Å². The van der Waals surface area contributed by atoms with Crippen molar-refractivity contribution in [1.29, 1.82) is 0 Å². The van der Waals surface area contributed by atoms with Gasteiger partial charge in [-0.15, -0.1) is 0 Å². The lowest BCUT2D eigenvalue weighted by molar-refractivity contribution is 0.660. The molecule has 54 heavy (non-hydrogen) atoms.